The van der Waals surface area contributed by atoms with Gasteiger partial charge in [-0.1, -0.05) is 13.8 Å². The van der Waals surface area contributed by atoms with E-state index in [1.807, 2.05) is 11.9 Å². The molecule has 6 rings (SSSR count). The van der Waals surface area contributed by atoms with Gasteiger partial charge in [-0.05, 0) is 99.5 Å². The number of amides is 2. The predicted molar refractivity (Wildman–Crippen MR) is 142 cm³/mol. The molecule has 7 nitrogen and oxygen atoms in total. The SMILES string of the molecule is CN1CCN(C(=O)N(C)[C@H]2CC[C@@]3(C)[C@H](CC[C@@H]4[C@@H]3CC[C@]3(C)[C@@H](C5=CC(=O)OC5)CC[C@]43O)C2)CC1. The van der Waals surface area contributed by atoms with E-state index in [0.717, 1.165) is 89.5 Å². The molecule has 4 aliphatic carbocycles. The number of carbonyl (C=O) groups excluding carboxylic acids is 2. The van der Waals surface area contributed by atoms with E-state index in [-0.39, 0.29) is 28.7 Å². The molecule has 2 aliphatic heterocycles. The molecule has 5 fully saturated rings. The van der Waals surface area contributed by atoms with Gasteiger partial charge in [-0.15, -0.1) is 0 Å². The lowest BCUT2D eigenvalue weighted by Crippen LogP contribution is -2.63. The van der Waals surface area contributed by atoms with Crippen LogP contribution in [-0.4, -0.2) is 90.3 Å². The zero-order chi connectivity index (χ0) is 26.2. The highest BCUT2D eigenvalue weighted by Gasteiger charge is 2.67. The van der Waals surface area contributed by atoms with E-state index in [2.05, 4.69) is 30.7 Å². The fourth-order valence-corrected chi connectivity index (χ4v) is 10.1. The molecule has 0 aromatic carbocycles. The molecule has 0 bridgehead atoms. The van der Waals surface area contributed by atoms with Crippen molar-refractivity contribution in [3.8, 4) is 0 Å². The van der Waals surface area contributed by atoms with Crippen LogP contribution in [0.2, 0.25) is 0 Å². The molecule has 0 aromatic rings. The van der Waals surface area contributed by atoms with Crippen molar-refractivity contribution in [2.45, 2.75) is 83.3 Å². The highest BCUT2D eigenvalue weighted by atomic mass is 16.5. The number of urea groups is 1. The van der Waals surface area contributed by atoms with Gasteiger partial charge in [0.2, 0.25) is 0 Å². The number of fused-ring (bicyclic) bond motifs is 5. The number of hydrogen-bond acceptors (Lipinski definition) is 5. The summed E-state index contributed by atoms with van der Waals surface area (Å²) >= 11 is 0. The van der Waals surface area contributed by atoms with E-state index >= 15 is 0 Å². The van der Waals surface area contributed by atoms with Crippen LogP contribution in [0.15, 0.2) is 11.6 Å². The van der Waals surface area contributed by atoms with Crippen molar-refractivity contribution in [3.63, 3.8) is 0 Å². The highest BCUT2D eigenvalue weighted by molar-refractivity contribution is 5.85. The zero-order valence-electron chi connectivity index (χ0n) is 23.4. The quantitative estimate of drug-likeness (QED) is 0.567. The van der Waals surface area contributed by atoms with Crippen LogP contribution in [0.25, 0.3) is 0 Å². The summed E-state index contributed by atoms with van der Waals surface area (Å²) in [5, 5.41) is 12.4. The van der Waals surface area contributed by atoms with E-state index in [0.29, 0.717) is 30.4 Å². The third-order valence-corrected chi connectivity index (χ3v) is 12.6. The fraction of sp³-hybridized carbons (Fsp3) is 0.867. The number of ether oxygens (including phenoxy) is 1. The summed E-state index contributed by atoms with van der Waals surface area (Å²) in [5.41, 5.74) is 0.503. The number of aliphatic hydroxyl groups is 1. The van der Waals surface area contributed by atoms with Crippen LogP contribution in [0.3, 0.4) is 0 Å². The predicted octanol–water partition coefficient (Wildman–Crippen LogP) is 3.91. The molecule has 0 unspecified atom stereocenters. The number of nitrogens with zero attached hydrogens (tertiary/aromatic N) is 3. The van der Waals surface area contributed by atoms with Gasteiger partial charge in [0.1, 0.15) is 6.61 Å². The molecule has 0 radical (unpaired) electrons. The van der Waals surface area contributed by atoms with Gasteiger partial charge < -0.3 is 24.5 Å². The van der Waals surface area contributed by atoms with Crippen LogP contribution in [0.1, 0.15) is 71.6 Å². The van der Waals surface area contributed by atoms with Crippen LogP contribution >= 0.6 is 0 Å². The molecular formula is C30H47N3O4. The molecule has 7 heteroatoms. The van der Waals surface area contributed by atoms with E-state index < -0.39 is 5.60 Å². The Morgan fingerprint density at radius 3 is 2.49 bits per heavy atom. The van der Waals surface area contributed by atoms with Crippen molar-refractivity contribution in [3.05, 3.63) is 11.6 Å². The fourth-order valence-electron chi connectivity index (χ4n) is 10.1. The number of carbonyl (C=O) groups is 2. The number of cyclic esters (lactones) is 1. The van der Waals surface area contributed by atoms with Crippen LogP contribution in [0, 0.1) is 34.5 Å². The Morgan fingerprint density at radius 2 is 1.78 bits per heavy atom. The van der Waals surface area contributed by atoms with Gasteiger partial charge in [0.05, 0.1) is 5.60 Å². The molecule has 206 valence electrons. The number of piperazine rings is 1. The van der Waals surface area contributed by atoms with Crippen molar-refractivity contribution >= 4 is 12.0 Å². The topological polar surface area (TPSA) is 73.3 Å². The molecule has 8 atom stereocenters. The van der Waals surface area contributed by atoms with Gasteiger partial charge in [0, 0.05) is 50.8 Å². The maximum Gasteiger partial charge on any atom is 0.331 e. The second kappa shape index (κ2) is 8.97. The van der Waals surface area contributed by atoms with Crippen LogP contribution in [0.5, 0.6) is 0 Å². The van der Waals surface area contributed by atoms with Crippen molar-refractivity contribution in [1.29, 1.82) is 0 Å². The standard InChI is InChI=1S/C30H47N3O4/c1-28-10-7-22(32(4)27(35)33-15-13-31(3)14-16-33)18-21(28)5-6-25-24(28)8-11-29(2)23(9-12-30(25,29)36)20-17-26(34)37-19-20/h17,21-25,36H,5-16,18-19H2,1-4H3/t21-,22+,23-,24+,25-,28+,29-,30+/m1/s1. The smallest absolute Gasteiger partial charge is 0.331 e. The normalized spacial score (nSPS) is 46.0. The number of likely N-dealkylation sites (N-methyl/N-ethyl adjacent to an activating group) is 1. The maximum atomic E-state index is 13.3. The van der Waals surface area contributed by atoms with Gasteiger partial charge in [-0.2, -0.15) is 0 Å². The van der Waals surface area contributed by atoms with Gasteiger partial charge in [0.15, 0.2) is 0 Å². The Kier molecular flexibility index (Phi) is 6.22. The van der Waals surface area contributed by atoms with Gasteiger partial charge in [0.25, 0.3) is 0 Å². The largest absolute Gasteiger partial charge is 0.458 e. The molecule has 2 amide bonds. The summed E-state index contributed by atoms with van der Waals surface area (Å²) in [7, 11) is 4.15. The third-order valence-electron chi connectivity index (χ3n) is 12.6. The minimum absolute atomic E-state index is 0.177. The van der Waals surface area contributed by atoms with E-state index in [1.165, 1.54) is 0 Å². The van der Waals surface area contributed by atoms with Crippen molar-refractivity contribution < 1.29 is 19.4 Å². The number of esters is 1. The molecule has 4 saturated carbocycles. The lowest BCUT2D eigenvalue weighted by atomic mass is 9.43. The molecule has 1 saturated heterocycles. The molecular weight excluding hydrogens is 466 g/mol. The second-order valence-electron chi connectivity index (χ2n) is 13.9. The summed E-state index contributed by atoms with van der Waals surface area (Å²) in [4.78, 5) is 31.5. The van der Waals surface area contributed by atoms with Gasteiger partial charge in [-0.3, -0.25) is 0 Å². The average molecular weight is 514 g/mol. The Bertz CT molecular complexity index is 976. The Hall–Kier alpha value is -1.60. The number of rotatable bonds is 2. The molecule has 1 N–H and O–H groups in total. The summed E-state index contributed by atoms with van der Waals surface area (Å²) in [6.07, 6.45) is 11.2. The summed E-state index contributed by atoms with van der Waals surface area (Å²) in [5.74, 6) is 1.52. The second-order valence-corrected chi connectivity index (χ2v) is 13.9. The first kappa shape index (κ1) is 25.7. The van der Waals surface area contributed by atoms with Gasteiger partial charge in [-0.25, -0.2) is 9.59 Å². The Balaban J connectivity index is 1.16. The first-order valence-electron chi connectivity index (χ1n) is 14.9. The minimum atomic E-state index is -0.661. The average Bonchev–Trinajstić information content (AvgIpc) is 3.43. The van der Waals surface area contributed by atoms with Crippen LogP contribution in [0.4, 0.5) is 4.79 Å². The monoisotopic (exact) mass is 513 g/mol. The van der Waals surface area contributed by atoms with E-state index in [1.54, 1.807) is 6.08 Å². The summed E-state index contributed by atoms with van der Waals surface area (Å²) < 4.78 is 5.27. The number of hydrogen-bond donors (Lipinski definition) is 1. The van der Waals surface area contributed by atoms with Gasteiger partial charge >= 0.3 is 12.0 Å². The Labute approximate surface area is 222 Å². The Morgan fingerprint density at radius 1 is 1.03 bits per heavy atom. The van der Waals surface area contributed by atoms with Crippen molar-refractivity contribution in [1.82, 2.24) is 14.7 Å². The molecule has 6 aliphatic rings. The zero-order valence-corrected chi connectivity index (χ0v) is 23.4. The third kappa shape index (κ3) is 3.81. The minimum Gasteiger partial charge on any atom is -0.458 e. The molecule has 2 heterocycles. The highest BCUT2D eigenvalue weighted by Crippen LogP contribution is 2.70. The first-order chi connectivity index (χ1) is 17.6. The van der Waals surface area contributed by atoms with E-state index in [4.69, 9.17) is 4.74 Å². The first-order valence-corrected chi connectivity index (χ1v) is 14.9. The van der Waals surface area contributed by atoms with Crippen LogP contribution < -0.4 is 0 Å². The molecule has 37 heavy (non-hydrogen) atoms. The summed E-state index contributed by atoms with van der Waals surface area (Å²) in [6.45, 7) is 8.78. The van der Waals surface area contributed by atoms with Crippen molar-refractivity contribution in [2.75, 3.05) is 46.9 Å². The lowest BCUT2D eigenvalue weighted by Gasteiger charge is -2.64. The van der Waals surface area contributed by atoms with Crippen molar-refractivity contribution in [2.24, 2.45) is 34.5 Å². The molecule has 0 spiro atoms. The van der Waals surface area contributed by atoms with E-state index in [9.17, 15) is 14.7 Å². The van der Waals surface area contributed by atoms with Crippen LogP contribution in [-0.2, 0) is 9.53 Å². The molecule has 0 aromatic heterocycles. The summed E-state index contributed by atoms with van der Waals surface area (Å²) in [6, 6.07) is 0.528. The lowest BCUT2D eigenvalue weighted by molar-refractivity contribution is -0.206. The maximum absolute atomic E-state index is 13.3.